The van der Waals surface area contributed by atoms with Gasteiger partial charge in [0, 0.05) is 18.2 Å². The molecule has 6 rings (SSSR count). The second-order valence-electron chi connectivity index (χ2n) is 18.9. The van der Waals surface area contributed by atoms with Crippen LogP contribution in [0.25, 0.3) is 69.8 Å². The molecule has 6 heteroatoms. The van der Waals surface area contributed by atoms with Gasteiger partial charge in [0.05, 0.1) is 39.6 Å². The van der Waals surface area contributed by atoms with Gasteiger partial charge >= 0.3 is 0 Å². The Morgan fingerprint density at radius 3 is 0.851 bits per heavy atom. The van der Waals surface area contributed by atoms with Crippen LogP contribution < -0.4 is 28.4 Å². The minimum Gasteiger partial charge on any atom is -0.493 e. The van der Waals surface area contributed by atoms with E-state index in [-0.39, 0.29) is 0 Å². The fourth-order valence-corrected chi connectivity index (χ4v) is 8.33. The first-order valence-electron chi connectivity index (χ1n) is 27.6. The van der Waals surface area contributed by atoms with Gasteiger partial charge in [-0.2, -0.15) is 0 Å². The molecule has 0 saturated heterocycles. The molecular weight excluding hydrogens is 913 g/mol. The largest absolute Gasteiger partial charge is 0.493 e. The van der Waals surface area contributed by atoms with E-state index in [0.717, 1.165) is 178 Å². The molecule has 0 aliphatic heterocycles. The first-order valence-corrected chi connectivity index (χ1v) is 27.6. The summed E-state index contributed by atoms with van der Waals surface area (Å²) >= 11 is 0. The summed E-state index contributed by atoms with van der Waals surface area (Å²) < 4.78 is 37.9. The predicted molar refractivity (Wildman–Crippen MR) is 316 cm³/mol. The van der Waals surface area contributed by atoms with E-state index in [9.17, 15) is 0 Å². The van der Waals surface area contributed by atoms with Crippen molar-refractivity contribution in [3.8, 4) is 67.9 Å². The summed E-state index contributed by atoms with van der Waals surface area (Å²) in [6.07, 6.45) is 24.9. The van der Waals surface area contributed by atoms with Gasteiger partial charge in [-0.15, -0.1) is 0 Å². The van der Waals surface area contributed by atoms with Crippen molar-refractivity contribution >= 4 is 36.5 Å². The van der Waals surface area contributed by atoms with E-state index in [1.165, 1.54) is 0 Å². The van der Waals surface area contributed by atoms with Crippen LogP contribution in [-0.4, -0.2) is 39.6 Å². The number of unbranched alkanes of at least 4 members (excludes halogenated alkanes) is 6. The van der Waals surface area contributed by atoms with E-state index >= 15 is 0 Å². The van der Waals surface area contributed by atoms with Crippen molar-refractivity contribution in [3.63, 3.8) is 0 Å². The van der Waals surface area contributed by atoms with E-state index in [0.29, 0.717) is 39.6 Å². The van der Waals surface area contributed by atoms with E-state index in [1.54, 1.807) is 0 Å². The molecule has 0 saturated carbocycles. The molecular formula is C68H82O6. The van der Waals surface area contributed by atoms with Gasteiger partial charge < -0.3 is 28.4 Å². The molecule has 0 amide bonds. The summed E-state index contributed by atoms with van der Waals surface area (Å²) in [5.41, 5.74) is 12.6. The summed E-state index contributed by atoms with van der Waals surface area (Å²) in [4.78, 5) is 0. The predicted octanol–water partition coefficient (Wildman–Crippen LogP) is 19.4. The maximum atomic E-state index is 6.39. The maximum absolute atomic E-state index is 6.39. The third kappa shape index (κ3) is 17.4. The molecule has 0 fully saturated rings. The Hall–Kier alpha value is -6.92. The van der Waals surface area contributed by atoms with Crippen molar-refractivity contribution in [1.29, 1.82) is 0 Å². The highest BCUT2D eigenvalue weighted by atomic mass is 16.5. The van der Waals surface area contributed by atoms with Gasteiger partial charge in [-0.1, -0.05) is 166 Å². The topological polar surface area (TPSA) is 55.4 Å². The van der Waals surface area contributed by atoms with Crippen molar-refractivity contribution in [1.82, 2.24) is 0 Å². The Kier molecular flexibility index (Phi) is 23.6. The van der Waals surface area contributed by atoms with Crippen LogP contribution in [0, 0.1) is 0 Å². The normalized spacial score (nSPS) is 11.3. The SMILES string of the molecule is C=Cc1ccc(/C=C/c2ccc(/C=C/c3ccc(C=C)c(-c4cc(OCCCC)cc(OCCCC)c4)c3)c(-c3cc(OCCCC)cc(OCCCC)c3)c2)c(-c2cc(OCCCC)cc(OCCCC)c2)c1. The molecule has 0 aliphatic rings. The highest BCUT2D eigenvalue weighted by molar-refractivity contribution is 5.88. The highest BCUT2D eigenvalue weighted by Gasteiger charge is 2.14. The number of rotatable bonds is 33. The van der Waals surface area contributed by atoms with Crippen LogP contribution in [0.1, 0.15) is 152 Å². The lowest BCUT2D eigenvalue weighted by molar-refractivity contribution is 0.294. The Labute approximate surface area is 444 Å². The lowest BCUT2D eigenvalue weighted by Crippen LogP contribution is -2.00. The van der Waals surface area contributed by atoms with Gasteiger partial charge in [0.2, 0.25) is 0 Å². The second-order valence-corrected chi connectivity index (χ2v) is 18.9. The molecule has 6 aromatic carbocycles. The number of benzene rings is 6. The zero-order valence-corrected chi connectivity index (χ0v) is 45.4. The summed E-state index contributed by atoms with van der Waals surface area (Å²) in [6, 6.07) is 38.5. The fraction of sp³-hybridized carbons (Fsp3) is 0.353. The molecule has 0 aliphatic carbocycles. The average Bonchev–Trinajstić information content (AvgIpc) is 3.42. The fourth-order valence-electron chi connectivity index (χ4n) is 8.33. The zero-order chi connectivity index (χ0) is 52.3. The molecule has 0 bridgehead atoms. The molecule has 74 heavy (non-hydrogen) atoms. The molecule has 6 aromatic rings. The summed E-state index contributed by atoms with van der Waals surface area (Å²) in [5, 5.41) is 0. The van der Waals surface area contributed by atoms with Crippen molar-refractivity contribution in [2.75, 3.05) is 39.6 Å². The molecule has 0 aromatic heterocycles. The van der Waals surface area contributed by atoms with Crippen molar-refractivity contribution in [2.45, 2.75) is 119 Å². The highest BCUT2D eigenvalue weighted by Crippen LogP contribution is 2.38. The smallest absolute Gasteiger partial charge is 0.123 e. The van der Waals surface area contributed by atoms with E-state index in [4.69, 9.17) is 28.4 Å². The minimum atomic E-state index is 0.639. The van der Waals surface area contributed by atoms with E-state index < -0.39 is 0 Å². The molecule has 6 nitrogen and oxygen atoms in total. The van der Waals surface area contributed by atoms with E-state index in [2.05, 4.69) is 170 Å². The minimum absolute atomic E-state index is 0.639. The maximum Gasteiger partial charge on any atom is 0.123 e. The second kappa shape index (κ2) is 31.0. The van der Waals surface area contributed by atoms with Crippen LogP contribution in [0.3, 0.4) is 0 Å². The van der Waals surface area contributed by atoms with Crippen LogP contribution in [-0.2, 0) is 0 Å². The quantitative estimate of drug-likeness (QED) is 0.0302. The van der Waals surface area contributed by atoms with Crippen molar-refractivity contribution < 1.29 is 28.4 Å². The lowest BCUT2D eigenvalue weighted by Gasteiger charge is -2.15. The van der Waals surface area contributed by atoms with Crippen molar-refractivity contribution in [3.05, 3.63) is 156 Å². The average molecular weight is 995 g/mol. The first-order chi connectivity index (χ1) is 36.3. The monoisotopic (exact) mass is 995 g/mol. The van der Waals surface area contributed by atoms with Crippen LogP contribution in [0.5, 0.6) is 34.5 Å². The van der Waals surface area contributed by atoms with Crippen LogP contribution in [0.15, 0.2) is 122 Å². The zero-order valence-electron chi connectivity index (χ0n) is 45.4. The van der Waals surface area contributed by atoms with Gasteiger partial charge in [-0.3, -0.25) is 0 Å². The van der Waals surface area contributed by atoms with Crippen molar-refractivity contribution in [2.24, 2.45) is 0 Å². The molecule has 0 atom stereocenters. The van der Waals surface area contributed by atoms with Gasteiger partial charge in [-0.05, 0) is 160 Å². The molecule has 0 unspecified atom stereocenters. The third-order valence-corrected chi connectivity index (χ3v) is 12.8. The molecule has 0 heterocycles. The molecule has 0 radical (unpaired) electrons. The van der Waals surface area contributed by atoms with Gasteiger partial charge in [0.15, 0.2) is 0 Å². The van der Waals surface area contributed by atoms with Crippen LogP contribution >= 0.6 is 0 Å². The summed E-state index contributed by atoms with van der Waals surface area (Å²) in [6.45, 7) is 25.3. The number of ether oxygens (including phenoxy) is 6. The van der Waals surface area contributed by atoms with Gasteiger partial charge in [-0.25, -0.2) is 0 Å². The summed E-state index contributed by atoms with van der Waals surface area (Å²) in [7, 11) is 0. The van der Waals surface area contributed by atoms with Crippen LogP contribution in [0.4, 0.5) is 0 Å². The number of hydrogen-bond acceptors (Lipinski definition) is 6. The Morgan fingerprint density at radius 1 is 0.297 bits per heavy atom. The van der Waals surface area contributed by atoms with Gasteiger partial charge in [0.25, 0.3) is 0 Å². The number of hydrogen-bond donors (Lipinski definition) is 0. The lowest BCUT2D eigenvalue weighted by atomic mass is 9.93. The molecule has 390 valence electrons. The van der Waals surface area contributed by atoms with Crippen LogP contribution in [0.2, 0.25) is 0 Å². The molecule has 0 spiro atoms. The van der Waals surface area contributed by atoms with Gasteiger partial charge in [0.1, 0.15) is 34.5 Å². The standard InChI is InChI=1S/C68H82O6/c1-9-17-33-69-60-42-57(43-61(48-60)70-34-18-10-2)66-40-52(24-28-54(66)16-8)25-31-56-32-27-53(41-68(56)59-46-64(73-37-21-13-5)50-65(47-59)74-38-22-14-6)26-30-55-29-23-51(15-7)39-67(55)58-44-62(71-35-19-11-3)49-63(45-58)72-36-20-12-4/h15-16,23-32,39-50H,7-14,17-22,33-38H2,1-6H3/b30-26+,31-25+. The Morgan fingerprint density at radius 2 is 0.568 bits per heavy atom. The Bertz CT molecular complexity index is 2680. The molecule has 0 N–H and O–H groups in total. The third-order valence-electron chi connectivity index (χ3n) is 12.8. The summed E-state index contributed by atoms with van der Waals surface area (Å²) in [5.74, 6) is 4.84. The Balaban J connectivity index is 1.44. The van der Waals surface area contributed by atoms with E-state index in [1.807, 2.05) is 30.4 Å². The first kappa shape index (κ1) is 56.4.